The number of hydrogen-bond acceptors (Lipinski definition) is 5. The summed E-state index contributed by atoms with van der Waals surface area (Å²) in [4.78, 5) is 15.0. The molecule has 0 unspecified atom stereocenters. The predicted octanol–water partition coefficient (Wildman–Crippen LogP) is 3.20. The fourth-order valence-corrected chi connectivity index (χ4v) is 6.57. The topological polar surface area (TPSA) is 84.9 Å². The van der Waals surface area contributed by atoms with Gasteiger partial charge < -0.3 is 14.4 Å². The highest BCUT2D eigenvalue weighted by Crippen LogP contribution is 2.39. The molecule has 0 radical (unpaired) electrons. The van der Waals surface area contributed by atoms with Crippen LogP contribution in [0.15, 0.2) is 24.3 Å². The molecule has 1 aromatic rings. The van der Waals surface area contributed by atoms with Gasteiger partial charge in [-0.3, -0.25) is 4.79 Å². The number of fused-ring (bicyclic) bond motifs is 5. The second kappa shape index (κ2) is 10.1. The van der Waals surface area contributed by atoms with Crippen LogP contribution in [0.4, 0.5) is 0 Å². The van der Waals surface area contributed by atoms with E-state index >= 15 is 0 Å². The number of hydrogen-bond donors (Lipinski definition) is 1. The van der Waals surface area contributed by atoms with Gasteiger partial charge in [-0.15, -0.1) is 0 Å². The number of amides is 1. The molecular formula is C24H36N2O5S. The first-order chi connectivity index (χ1) is 15.4. The third kappa shape index (κ3) is 5.13. The minimum absolute atomic E-state index is 0.0471. The van der Waals surface area contributed by atoms with Crippen LogP contribution < -0.4 is 9.46 Å². The fraction of sp³-hybridized carbons (Fsp3) is 0.708. The van der Waals surface area contributed by atoms with E-state index in [1.165, 1.54) is 5.56 Å². The predicted molar refractivity (Wildman–Crippen MR) is 123 cm³/mol. The lowest BCUT2D eigenvalue weighted by molar-refractivity contribution is -0.140. The third-order valence-corrected chi connectivity index (χ3v) is 9.43. The van der Waals surface area contributed by atoms with Crippen molar-refractivity contribution >= 4 is 15.9 Å². The van der Waals surface area contributed by atoms with E-state index < -0.39 is 15.3 Å². The van der Waals surface area contributed by atoms with Gasteiger partial charge in [-0.25, -0.2) is 13.1 Å². The second-order valence-corrected chi connectivity index (χ2v) is 11.5. The van der Waals surface area contributed by atoms with Crippen molar-refractivity contribution in [3.05, 3.63) is 29.8 Å². The molecule has 2 fully saturated rings. The van der Waals surface area contributed by atoms with Crippen LogP contribution in [-0.4, -0.2) is 62.4 Å². The third-order valence-electron chi connectivity index (χ3n) is 7.41. The molecule has 3 aliphatic heterocycles. The number of benzene rings is 1. The van der Waals surface area contributed by atoms with Crippen molar-refractivity contribution in [3.8, 4) is 5.75 Å². The van der Waals surface area contributed by atoms with Gasteiger partial charge in [0.1, 0.15) is 5.75 Å². The SMILES string of the molecule is CC[C@@H](C)S(=O)(=O)N[C@H]1CCCN2C(=O)COc3ccccc3C3CCC(CC3)OC[C@@H]12. The highest BCUT2D eigenvalue weighted by atomic mass is 32.2. The molecule has 4 aliphatic rings. The summed E-state index contributed by atoms with van der Waals surface area (Å²) in [5, 5.41) is -0.473. The Morgan fingerprint density at radius 3 is 2.66 bits per heavy atom. The molecule has 1 N–H and O–H groups in total. The van der Waals surface area contributed by atoms with Crippen LogP contribution in [-0.2, 0) is 19.6 Å². The van der Waals surface area contributed by atoms with E-state index in [1.54, 1.807) is 11.8 Å². The van der Waals surface area contributed by atoms with Crippen molar-refractivity contribution in [3.63, 3.8) is 0 Å². The highest BCUT2D eigenvalue weighted by Gasteiger charge is 2.39. The maximum absolute atomic E-state index is 13.2. The second-order valence-electron chi connectivity index (χ2n) is 9.42. The van der Waals surface area contributed by atoms with Gasteiger partial charge in [0, 0.05) is 12.6 Å². The van der Waals surface area contributed by atoms with E-state index in [0.29, 0.717) is 31.9 Å². The zero-order chi connectivity index (χ0) is 22.7. The number of nitrogens with one attached hydrogen (secondary N) is 1. The van der Waals surface area contributed by atoms with Gasteiger partial charge in [0.2, 0.25) is 10.0 Å². The number of ether oxygens (including phenoxy) is 2. The van der Waals surface area contributed by atoms with Crippen molar-refractivity contribution in [1.29, 1.82) is 0 Å². The first kappa shape index (κ1) is 23.5. The summed E-state index contributed by atoms with van der Waals surface area (Å²) >= 11 is 0. The average Bonchev–Trinajstić information content (AvgIpc) is 2.82. The highest BCUT2D eigenvalue weighted by molar-refractivity contribution is 7.90. The molecule has 1 aliphatic carbocycles. The average molecular weight is 465 g/mol. The molecule has 178 valence electrons. The molecule has 0 spiro atoms. The lowest BCUT2D eigenvalue weighted by Crippen LogP contribution is -2.60. The Morgan fingerprint density at radius 2 is 1.91 bits per heavy atom. The van der Waals surface area contributed by atoms with Crippen LogP contribution in [0.1, 0.15) is 70.3 Å². The van der Waals surface area contributed by atoms with Crippen molar-refractivity contribution in [2.45, 2.75) is 88.1 Å². The standard InChI is InChI=1S/C24H36N2O5S/c1-3-17(2)32(28,29)25-21-8-6-14-26-22(21)15-30-19-12-10-18(11-13-19)20-7-4-5-9-23(20)31-16-24(26)27/h4-5,7,9,17-19,21-22,25H,3,6,8,10-16H2,1-2H3/t17-,18?,19?,21+,22+/m1/s1. The van der Waals surface area contributed by atoms with E-state index in [1.807, 2.05) is 25.1 Å². The molecule has 1 saturated heterocycles. The fourth-order valence-electron chi connectivity index (χ4n) is 5.20. The minimum Gasteiger partial charge on any atom is -0.483 e. The lowest BCUT2D eigenvalue weighted by Gasteiger charge is -2.42. The molecule has 7 nitrogen and oxygen atoms in total. The van der Waals surface area contributed by atoms with Crippen LogP contribution in [0.2, 0.25) is 0 Å². The molecule has 2 bridgehead atoms. The number of carbonyl (C=O) groups excluding carboxylic acids is 1. The number of piperidine rings is 1. The van der Waals surface area contributed by atoms with Gasteiger partial charge in [-0.1, -0.05) is 25.1 Å². The zero-order valence-electron chi connectivity index (χ0n) is 19.2. The van der Waals surface area contributed by atoms with Crippen molar-refractivity contribution in [1.82, 2.24) is 9.62 Å². The van der Waals surface area contributed by atoms with Crippen molar-refractivity contribution in [2.24, 2.45) is 0 Å². The van der Waals surface area contributed by atoms with Crippen molar-refractivity contribution < 1.29 is 22.7 Å². The Hall–Kier alpha value is -1.64. The van der Waals surface area contributed by atoms with Gasteiger partial charge >= 0.3 is 0 Å². The Bertz CT molecular complexity index is 897. The summed E-state index contributed by atoms with van der Waals surface area (Å²) in [5.74, 6) is 1.08. The monoisotopic (exact) mass is 464 g/mol. The molecule has 0 aromatic heterocycles. The largest absolute Gasteiger partial charge is 0.483 e. The zero-order valence-corrected chi connectivity index (χ0v) is 20.0. The summed E-state index contributed by atoms with van der Waals surface area (Å²) in [5.41, 5.74) is 1.17. The number of sulfonamides is 1. The number of nitrogens with zero attached hydrogens (tertiary/aromatic N) is 1. The molecule has 8 heteroatoms. The number of carbonyl (C=O) groups is 1. The Labute approximate surface area is 191 Å². The molecular weight excluding hydrogens is 428 g/mol. The molecule has 3 heterocycles. The number of rotatable bonds is 4. The normalized spacial score (nSPS) is 30.2. The first-order valence-electron chi connectivity index (χ1n) is 12.0. The van der Waals surface area contributed by atoms with Crippen LogP contribution in [0.5, 0.6) is 5.75 Å². The maximum Gasteiger partial charge on any atom is 0.260 e. The van der Waals surface area contributed by atoms with Gasteiger partial charge in [0.15, 0.2) is 6.61 Å². The Balaban J connectivity index is 1.59. The van der Waals surface area contributed by atoms with Crippen molar-refractivity contribution in [2.75, 3.05) is 19.8 Å². The maximum atomic E-state index is 13.2. The summed E-state index contributed by atoms with van der Waals surface area (Å²) in [7, 11) is -3.46. The van der Waals surface area contributed by atoms with E-state index in [-0.39, 0.29) is 30.7 Å². The van der Waals surface area contributed by atoms with E-state index in [9.17, 15) is 13.2 Å². The van der Waals surface area contributed by atoms with Crippen LogP contribution in [0.25, 0.3) is 0 Å². The van der Waals surface area contributed by atoms with E-state index in [2.05, 4.69) is 10.8 Å². The van der Waals surface area contributed by atoms with Gasteiger partial charge in [-0.05, 0) is 69.4 Å². The molecule has 1 saturated carbocycles. The number of para-hydroxylation sites is 1. The van der Waals surface area contributed by atoms with Crippen LogP contribution >= 0.6 is 0 Å². The van der Waals surface area contributed by atoms with E-state index in [0.717, 1.165) is 37.9 Å². The molecule has 1 amide bonds. The minimum atomic E-state index is -3.46. The van der Waals surface area contributed by atoms with Crippen LogP contribution in [0.3, 0.4) is 0 Å². The quantitative estimate of drug-likeness (QED) is 0.740. The molecule has 1 aromatic carbocycles. The summed E-state index contributed by atoms with van der Waals surface area (Å²) in [6.45, 7) is 4.48. The summed E-state index contributed by atoms with van der Waals surface area (Å²) < 4.78 is 40.8. The van der Waals surface area contributed by atoms with E-state index in [4.69, 9.17) is 9.47 Å². The molecule has 3 atom stereocenters. The molecule has 5 rings (SSSR count). The van der Waals surface area contributed by atoms with Crippen LogP contribution in [0, 0.1) is 0 Å². The van der Waals surface area contributed by atoms with Gasteiger partial charge in [0.05, 0.1) is 24.0 Å². The smallest absolute Gasteiger partial charge is 0.260 e. The molecule has 32 heavy (non-hydrogen) atoms. The van der Waals surface area contributed by atoms with Gasteiger partial charge in [0.25, 0.3) is 5.91 Å². The Morgan fingerprint density at radius 1 is 1.16 bits per heavy atom. The summed E-state index contributed by atoms with van der Waals surface area (Å²) in [6.07, 6.45) is 6.11. The van der Waals surface area contributed by atoms with Gasteiger partial charge in [-0.2, -0.15) is 0 Å². The first-order valence-corrected chi connectivity index (χ1v) is 13.6. The Kier molecular flexibility index (Phi) is 7.42. The lowest BCUT2D eigenvalue weighted by atomic mass is 9.82. The summed E-state index contributed by atoms with van der Waals surface area (Å²) in [6, 6.07) is 7.35.